The van der Waals surface area contributed by atoms with Crippen LogP contribution in [0.2, 0.25) is 0 Å². The Kier molecular flexibility index (Phi) is 4.50. The van der Waals surface area contributed by atoms with Crippen LogP contribution in [0.1, 0.15) is 45.9 Å². The van der Waals surface area contributed by atoms with Gasteiger partial charge in [-0.15, -0.1) is 0 Å². The molecule has 1 aromatic heterocycles. The van der Waals surface area contributed by atoms with E-state index >= 15 is 0 Å². The summed E-state index contributed by atoms with van der Waals surface area (Å²) in [6.07, 6.45) is 4.60. The first kappa shape index (κ1) is 13.2. The monoisotopic (exact) mass is 225 g/mol. The van der Waals surface area contributed by atoms with Gasteiger partial charge < -0.3 is 15.0 Å². The van der Waals surface area contributed by atoms with Crippen LogP contribution < -0.4 is 5.73 Å². The fourth-order valence-electron chi connectivity index (χ4n) is 1.40. The zero-order valence-electron chi connectivity index (χ0n) is 10.7. The van der Waals surface area contributed by atoms with Crippen molar-refractivity contribution in [2.75, 3.05) is 6.61 Å². The lowest BCUT2D eigenvalue weighted by atomic mass is 10.0. The zero-order chi connectivity index (χ0) is 12.2. The largest absolute Gasteiger partial charge is 0.373 e. The Hall–Kier alpha value is -0.870. The molecule has 1 unspecified atom stereocenters. The van der Waals surface area contributed by atoms with E-state index in [-0.39, 0.29) is 5.54 Å². The molecule has 16 heavy (non-hydrogen) atoms. The SMILES string of the molecule is CCC(C)(N)COCc1cncn1C(C)C. The van der Waals surface area contributed by atoms with Crippen molar-refractivity contribution in [3.05, 3.63) is 18.2 Å². The molecule has 0 amide bonds. The Labute approximate surface area is 97.8 Å². The topological polar surface area (TPSA) is 53.1 Å². The summed E-state index contributed by atoms with van der Waals surface area (Å²) >= 11 is 0. The summed E-state index contributed by atoms with van der Waals surface area (Å²) in [6, 6.07) is 0.413. The van der Waals surface area contributed by atoms with Crippen molar-refractivity contribution in [2.24, 2.45) is 5.73 Å². The Morgan fingerprint density at radius 2 is 2.25 bits per heavy atom. The number of imidazole rings is 1. The minimum Gasteiger partial charge on any atom is -0.373 e. The van der Waals surface area contributed by atoms with Crippen LogP contribution in [0, 0.1) is 0 Å². The Balaban J connectivity index is 2.46. The molecule has 0 aliphatic carbocycles. The summed E-state index contributed by atoms with van der Waals surface area (Å²) in [5, 5.41) is 0. The highest BCUT2D eigenvalue weighted by atomic mass is 16.5. The average molecular weight is 225 g/mol. The summed E-state index contributed by atoms with van der Waals surface area (Å²) in [5.41, 5.74) is 6.87. The second-order valence-electron chi connectivity index (χ2n) is 4.89. The molecule has 4 nitrogen and oxygen atoms in total. The summed E-state index contributed by atoms with van der Waals surface area (Å²) in [6.45, 7) is 9.49. The van der Waals surface area contributed by atoms with Gasteiger partial charge in [-0.25, -0.2) is 4.98 Å². The van der Waals surface area contributed by atoms with Gasteiger partial charge in [-0.1, -0.05) is 6.92 Å². The maximum Gasteiger partial charge on any atom is 0.0951 e. The van der Waals surface area contributed by atoms with Crippen LogP contribution in [0.4, 0.5) is 0 Å². The van der Waals surface area contributed by atoms with Crippen molar-refractivity contribution >= 4 is 0 Å². The highest BCUT2D eigenvalue weighted by molar-refractivity contribution is 4.98. The van der Waals surface area contributed by atoms with Gasteiger partial charge in [0.25, 0.3) is 0 Å². The first-order valence-corrected chi connectivity index (χ1v) is 5.83. The molecule has 0 spiro atoms. The quantitative estimate of drug-likeness (QED) is 0.806. The van der Waals surface area contributed by atoms with E-state index in [1.54, 1.807) is 0 Å². The number of nitrogens with two attached hydrogens (primary N) is 1. The van der Waals surface area contributed by atoms with Gasteiger partial charge in [-0.05, 0) is 27.2 Å². The molecule has 1 rings (SSSR count). The smallest absolute Gasteiger partial charge is 0.0951 e. The summed E-state index contributed by atoms with van der Waals surface area (Å²) < 4.78 is 7.75. The molecule has 0 bridgehead atoms. The third kappa shape index (κ3) is 3.61. The summed E-state index contributed by atoms with van der Waals surface area (Å²) in [5.74, 6) is 0. The van der Waals surface area contributed by atoms with Crippen molar-refractivity contribution < 1.29 is 4.74 Å². The number of aromatic nitrogens is 2. The number of rotatable bonds is 6. The highest BCUT2D eigenvalue weighted by Crippen LogP contribution is 2.11. The maximum atomic E-state index is 6.01. The maximum absolute atomic E-state index is 6.01. The molecule has 92 valence electrons. The molecule has 0 saturated heterocycles. The summed E-state index contributed by atoms with van der Waals surface area (Å²) in [7, 11) is 0. The van der Waals surface area contributed by atoms with E-state index in [1.807, 2.05) is 19.4 Å². The van der Waals surface area contributed by atoms with Crippen molar-refractivity contribution in [2.45, 2.75) is 52.3 Å². The van der Waals surface area contributed by atoms with Gasteiger partial charge in [-0.2, -0.15) is 0 Å². The van der Waals surface area contributed by atoms with Crippen LogP contribution >= 0.6 is 0 Å². The minimum atomic E-state index is -0.233. The molecule has 1 aromatic rings. The fraction of sp³-hybridized carbons (Fsp3) is 0.750. The standard InChI is InChI=1S/C12H23N3O/c1-5-12(4,13)8-16-7-11-6-14-9-15(11)10(2)3/h6,9-10H,5,7-8,13H2,1-4H3. The van der Waals surface area contributed by atoms with Crippen LogP contribution in [-0.2, 0) is 11.3 Å². The number of hydrogen-bond donors (Lipinski definition) is 1. The lowest BCUT2D eigenvalue weighted by Crippen LogP contribution is -2.40. The van der Waals surface area contributed by atoms with E-state index in [4.69, 9.17) is 10.5 Å². The second-order valence-corrected chi connectivity index (χ2v) is 4.89. The molecule has 0 aliphatic rings. The third-order valence-electron chi connectivity index (χ3n) is 2.79. The van der Waals surface area contributed by atoms with Crippen LogP contribution in [0.25, 0.3) is 0 Å². The summed E-state index contributed by atoms with van der Waals surface area (Å²) in [4.78, 5) is 4.13. The van der Waals surface area contributed by atoms with Crippen molar-refractivity contribution in [3.8, 4) is 0 Å². The van der Waals surface area contributed by atoms with Gasteiger partial charge in [0.1, 0.15) is 0 Å². The molecule has 0 fully saturated rings. The number of ether oxygens (including phenoxy) is 1. The Morgan fingerprint density at radius 1 is 1.56 bits per heavy atom. The Bertz CT molecular complexity index is 318. The van der Waals surface area contributed by atoms with E-state index in [2.05, 4.69) is 30.3 Å². The second kappa shape index (κ2) is 5.46. The van der Waals surface area contributed by atoms with E-state index < -0.39 is 0 Å². The number of nitrogens with zero attached hydrogens (tertiary/aromatic N) is 2. The van der Waals surface area contributed by atoms with Gasteiger partial charge in [0.15, 0.2) is 0 Å². The molecule has 0 saturated carbocycles. The van der Waals surface area contributed by atoms with E-state index in [0.29, 0.717) is 19.3 Å². The Morgan fingerprint density at radius 3 is 2.81 bits per heavy atom. The minimum absolute atomic E-state index is 0.233. The third-order valence-corrected chi connectivity index (χ3v) is 2.79. The van der Waals surface area contributed by atoms with Crippen LogP contribution in [0.15, 0.2) is 12.5 Å². The molecular formula is C12H23N3O. The van der Waals surface area contributed by atoms with E-state index in [9.17, 15) is 0 Å². The van der Waals surface area contributed by atoms with Crippen LogP contribution in [-0.4, -0.2) is 21.7 Å². The highest BCUT2D eigenvalue weighted by Gasteiger charge is 2.16. The molecule has 1 heterocycles. The van der Waals surface area contributed by atoms with Gasteiger partial charge in [-0.3, -0.25) is 0 Å². The first-order valence-electron chi connectivity index (χ1n) is 5.83. The predicted octanol–water partition coefficient (Wildman–Crippen LogP) is 2.11. The molecule has 4 heteroatoms. The lowest BCUT2D eigenvalue weighted by molar-refractivity contribution is 0.0735. The van der Waals surface area contributed by atoms with Crippen LogP contribution in [0.5, 0.6) is 0 Å². The molecule has 1 atom stereocenters. The van der Waals surface area contributed by atoms with Crippen molar-refractivity contribution in [3.63, 3.8) is 0 Å². The van der Waals surface area contributed by atoms with Gasteiger partial charge in [0.2, 0.25) is 0 Å². The average Bonchev–Trinajstić information content (AvgIpc) is 2.66. The van der Waals surface area contributed by atoms with Gasteiger partial charge >= 0.3 is 0 Å². The van der Waals surface area contributed by atoms with Gasteiger partial charge in [0.05, 0.1) is 31.4 Å². The molecule has 0 aromatic carbocycles. The van der Waals surface area contributed by atoms with Crippen molar-refractivity contribution in [1.29, 1.82) is 0 Å². The first-order chi connectivity index (χ1) is 7.46. The normalized spacial score (nSPS) is 15.4. The molecular weight excluding hydrogens is 202 g/mol. The molecule has 0 aliphatic heterocycles. The van der Waals surface area contributed by atoms with E-state index in [0.717, 1.165) is 12.1 Å². The van der Waals surface area contributed by atoms with E-state index in [1.165, 1.54) is 0 Å². The fourth-order valence-corrected chi connectivity index (χ4v) is 1.40. The van der Waals surface area contributed by atoms with Crippen molar-refractivity contribution in [1.82, 2.24) is 9.55 Å². The zero-order valence-corrected chi connectivity index (χ0v) is 10.7. The lowest BCUT2D eigenvalue weighted by Gasteiger charge is -2.22. The van der Waals surface area contributed by atoms with Gasteiger partial charge in [0, 0.05) is 11.6 Å². The molecule has 0 radical (unpaired) electrons. The predicted molar refractivity (Wildman–Crippen MR) is 65.2 cm³/mol. The molecule has 2 N–H and O–H groups in total. The van der Waals surface area contributed by atoms with Crippen LogP contribution in [0.3, 0.4) is 0 Å². The number of hydrogen-bond acceptors (Lipinski definition) is 3.